The molecule has 0 aliphatic rings. The number of rotatable bonds is 6. The number of hydrogen-bond donors (Lipinski definition) is 0. The summed E-state index contributed by atoms with van der Waals surface area (Å²) in [6.45, 7) is 1.91. The number of hydrogen-bond acceptors (Lipinski definition) is 4. The van der Waals surface area contributed by atoms with E-state index in [9.17, 15) is 18.5 Å². The first-order valence-electron chi connectivity index (χ1n) is 12.8. The summed E-state index contributed by atoms with van der Waals surface area (Å²) < 4.78 is 33.5. The standard InChI is InChI=1S/C32H27N3O4S/c1-21-13-16-24(17-14-21)40(38,39)32(27-20-33(2)28-18-15-23(35(36)37)19-26(27)28)30-25-11-7-8-12-29(25)34(3)31(30)22-9-5-4-6-10-22/h4-20,32H,1-3H3. The fraction of sp³-hybridized carbons (Fsp3) is 0.125. The zero-order chi connectivity index (χ0) is 28.2. The third-order valence-electron chi connectivity index (χ3n) is 7.61. The number of nitro benzene ring substituents is 1. The van der Waals surface area contributed by atoms with E-state index in [1.54, 1.807) is 36.5 Å². The van der Waals surface area contributed by atoms with Crippen LogP contribution in [0.15, 0.2) is 108 Å². The third-order valence-corrected chi connectivity index (χ3v) is 9.65. The zero-order valence-electron chi connectivity index (χ0n) is 22.3. The highest BCUT2D eigenvalue weighted by molar-refractivity contribution is 7.92. The van der Waals surface area contributed by atoms with Crippen LogP contribution in [0, 0.1) is 17.0 Å². The summed E-state index contributed by atoms with van der Waals surface area (Å²) in [6.07, 6.45) is 1.79. The molecule has 6 aromatic rings. The molecule has 0 radical (unpaired) electrons. The summed E-state index contributed by atoms with van der Waals surface area (Å²) in [5.74, 6) is 0. The molecule has 40 heavy (non-hydrogen) atoms. The Morgan fingerprint density at radius 3 is 2.17 bits per heavy atom. The maximum Gasteiger partial charge on any atom is 0.270 e. The van der Waals surface area contributed by atoms with Crippen LogP contribution in [0.1, 0.15) is 21.9 Å². The number of aryl methyl sites for hydroxylation is 3. The van der Waals surface area contributed by atoms with Crippen LogP contribution in [0.2, 0.25) is 0 Å². The van der Waals surface area contributed by atoms with Gasteiger partial charge in [0.1, 0.15) is 5.25 Å². The van der Waals surface area contributed by atoms with Crippen LogP contribution < -0.4 is 0 Å². The largest absolute Gasteiger partial charge is 0.350 e. The van der Waals surface area contributed by atoms with Gasteiger partial charge in [0.2, 0.25) is 0 Å². The first-order chi connectivity index (χ1) is 19.2. The van der Waals surface area contributed by atoms with Gasteiger partial charge in [-0.25, -0.2) is 8.42 Å². The van der Waals surface area contributed by atoms with Gasteiger partial charge in [0.25, 0.3) is 5.69 Å². The molecule has 1 atom stereocenters. The highest BCUT2D eigenvalue weighted by atomic mass is 32.2. The Morgan fingerprint density at radius 1 is 0.800 bits per heavy atom. The SMILES string of the molecule is Cc1ccc(S(=O)(=O)C(c2cn(C)c3ccc([N+](=O)[O-])cc23)c2c(-c3ccccc3)n(C)c3ccccc23)cc1. The Morgan fingerprint density at radius 2 is 1.48 bits per heavy atom. The van der Waals surface area contributed by atoms with E-state index in [0.717, 1.165) is 27.7 Å². The molecule has 4 aromatic carbocycles. The molecule has 0 saturated heterocycles. The van der Waals surface area contributed by atoms with Crippen molar-refractivity contribution < 1.29 is 13.3 Å². The minimum Gasteiger partial charge on any atom is -0.350 e. The fourth-order valence-corrected chi connectivity index (χ4v) is 7.57. The van der Waals surface area contributed by atoms with Gasteiger partial charge in [0, 0.05) is 65.4 Å². The van der Waals surface area contributed by atoms with E-state index in [-0.39, 0.29) is 10.6 Å². The second kappa shape index (κ2) is 9.50. The van der Waals surface area contributed by atoms with E-state index in [0.29, 0.717) is 22.0 Å². The second-order valence-electron chi connectivity index (χ2n) is 10.1. The summed E-state index contributed by atoms with van der Waals surface area (Å²) in [7, 11) is -0.270. The average Bonchev–Trinajstić information content (AvgIpc) is 3.43. The molecule has 0 saturated carbocycles. The van der Waals surface area contributed by atoms with Crippen LogP contribution in [0.4, 0.5) is 5.69 Å². The summed E-state index contributed by atoms with van der Waals surface area (Å²) in [5, 5.41) is 12.0. The number of nitro groups is 1. The van der Waals surface area contributed by atoms with Gasteiger partial charge in [0.05, 0.1) is 15.5 Å². The maximum absolute atomic E-state index is 14.8. The highest BCUT2D eigenvalue weighted by Gasteiger charge is 2.38. The molecule has 0 spiro atoms. The number of benzene rings is 4. The summed E-state index contributed by atoms with van der Waals surface area (Å²) in [6, 6.07) is 29.0. The van der Waals surface area contributed by atoms with Gasteiger partial charge in [-0.05, 0) is 36.8 Å². The van der Waals surface area contributed by atoms with Gasteiger partial charge >= 0.3 is 0 Å². The van der Waals surface area contributed by atoms with Gasteiger partial charge < -0.3 is 9.13 Å². The molecule has 0 aliphatic heterocycles. The molecule has 0 aliphatic carbocycles. The normalized spacial score (nSPS) is 12.7. The van der Waals surface area contributed by atoms with Gasteiger partial charge in [0.15, 0.2) is 9.84 Å². The molecule has 7 nitrogen and oxygen atoms in total. The Balaban J connectivity index is 1.78. The lowest BCUT2D eigenvalue weighted by atomic mass is 9.97. The van der Waals surface area contributed by atoms with Gasteiger partial charge in [-0.1, -0.05) is 66.2 Å². The molecular weight excluding hydrogens is 522 g/mol. The van der Waals surface area contributed by atoms with Gasteiger partial charge in [-0.15, -0.1) is 0 Å². The molecule has 0 amide bonds. The molecule has 6 rings (SSSR count). The number of sulfone groups is 1. The number of para-hydroxylation sites is 1. The molecular formula is C32H27N3O4S. The monoisotopic (exact) mass is 549 g/mol. The first kappa shape index (κ1) is 25.6. The van der Waals surface area contributed by atoms with Crippen molar-refractivity contribution in [1.82, 2.24) is 9.13 Å². The van der Waals surface area contributed by atoms with Crippen LogP contribution in [-0.2, 0) is 23.9 Å². The Bertz CT molecular complexity index is 2020. The van der Waals surface area contributed by atoms with Crippen molar-refractivity contribution in [1.29, 1.82) is 0 Å². The second-order valence-corrected chi connectivity index (χ2v) is 12.1. The number of aromatic nitrogens is 2. The molecule has 1 unspecified atom stereocenters. The molecule has 0 N–H and O–H groups in total. The van der Waals surface area contributed by atoms with Crippen molar-refractivity contribution >= 4 is 37.3 Å². The van der Waals surface area contributed by atoms with Crippen molar-refractivity contribution in [3.05, 3.63) is 130 Å². The fourth-order valence-electron chi connectivity index (χ4n) is 5.71. The van der Waals surface area contributed by atoms with Crippen LogP contribution >= 0.6 is 0 Å². The lowest BCUT2D eigenvalue weighted by Gasteiger charge is -2.20. The van der Waals surface area contributed by atoms with Crippen molar-refractivity contribution in [2.45, 2.75) is 17.1 Å². The minimum atomic E-state index is -4.04. The van der Waals surface area contributed by atoms with E-state index in [1.807, 2.05) is 84.8 Å². The van der Waals surface area contributed by atoms with E-state index in [2.05, 4.69) is 0 Å². The van der Waals surface area contributed by atoms with E-state index < -0.39 is 20.0 Å². The third kappa shape index (κ3) is 3.99. The molecule has 2 heterocycles. The smallest absolute Gasteiger partial charge is 0.270 e. The van der Waals surface area contributed by atoms with E-state index in [4.69, 9.17) is 0 Å². The molecule has 200 valence electrons. The minimum absolute atomic E-state index is 0.0902. The lowest BCUT2D eigenvalue weighted by Crippen LogP contribution is -2.16. The Hall–Kier alpha value is -4.69. The zero-order valence-corrected chi connectivity index (χ0v) is 23.1. The van der Waals surface area contributed by atoms with Gasteiger partial charge in [-0.2, -0.15) is 0 Å². The van der Waals surface area contributed by atoms with Crippen molar-refractivity contribution in [3.63, 3.8) is 0 Å². The summed E-state index contributed by atoms with van der Waals surface area (Å²) in [5.41, 5.74) is 5.27. The van der Waals surface area contributed by atoms with Crippen molar-refractivity contribution in [2.24, 2.45) is 14.1 Å². The van der Waals surface area contributed by atoms with Crippen LogP contribution in [0.25, 0.3) is 33.1 Å². The number of fused-ring (bicyclic) bond motifs is 2. The van der Waals surface area contributed by atoms with Crippen molar-refractivity contribution in [3.8, 4) is 11.3 Å². The van der Waals surface area contributed by atoms with Crippen LogP contribution in [-0.4, -0.2) is 22.5 Å². The quantitative estimate of drug-likeness (QED) is 0.164. The predicted octanol–water partition coefficient (Wildman–Crippen LogP) is 7.12. The average molecular weight is 550 g/mol. The maximum atomic E-state index is 14.8. The van der Waals surface area contributed by atoms with E-state index in [1.165, 1.54) is 12.1 Å². The van der Waals surface area contributed by atoms with Gasteiger partial charge in [-0.3, -0.25) is 10.1 Å². The number of non-ortho nitro benzene ring substituents is 1. The van der Waals surface area contributed by atoms with Crippen molar-refractivity contribution in [2.75, 3.05) is 0 Å². The summed E-state index contributed by atoms with van der Waals surface area (Å²) in [4.78, 5) is 11.5. The molecule has 8 heteroatoms. The van der Waals surface area contributed by atoms with Crippen LogP contribution in [0.3, 0.4) is 0 Å². The Kier molecular flexibility index (Phi) is 6.07. The molecule has 0 bridgehead atoms. The lowest BCUT2D eigenvalue weighted by molar-refractivity contribution is -0.384. The molecule has 2 aromatic heterocycles. The first-order valence-corrected chi connectivity index (χ1v) is 14.4. The predicted molar refractivity (Wildman–Crippen MR) is 158 cm³/mol. The topological polar surface area (TPSA) is 87.1 Å². The van der Waals surface area contributed by atoms with E-state index >= 15 is 0 Å². The summed E-state index contributed by atoms with van der Waals surface area (Å²) >= 11 is 0. The Labute approximate surface area is 232 Å². The highest BCUT2D eigenvalue weighted by Crippen LogP contribution is 2.47. The molecule has 0 fully saturated rings. The number of nitrogens with zero attached hydrogens (tertiary/aromatic N) is 3. The van der Waals surface area contributed by atoms with Crippen LogP contribution in [0.5, 0.6) is 0 Å².